The summed E-state index contributed by atoms with van der Waals surface area (Å²) < 4.78 is 5.15. The van der Waals surface area contributed by atoms with Crippen LogP contribution in [-0.4, -0.2) is 66.5 Å². The quantitative estimate of drug-likeness (QED) is 0.652. The van der Waals surface area contributed by atoms with Crippen LogP contribution >= 0.6 is 0 Å². The predicted octanol–water partition coefficient (Wildman–Crippen LogP) is 3.60. The van der Waals surface area contributed by atoms with Crippen LogP contribution in [0, 0.1) is 5.92 Å². The monoisotopic (exact) mass is 466 g/mol. The summed E-state index contributed by atoms with van der Waals surface area (Å²) in [5.74, 6) is 0.208. The maximum Gasteiger partial charge on any atom is 0.322 e. The smallest absolute Gasteiger partial charge is 0.322 e. The molecule has 1 aliphatic rings. The maximum atomic E-state index is 13.5. The van der Waals surface area contributed by atoms with Crippen LogP contribution in [0.3, 0.4) is 0 Å². The van der Waals surface area contributed by atoms with E-state index in [2.05, 4.69) is 10.6 Å². The van der Waals surface area contributed by atoms with Gasteiger partial charge in [-0.25, -0.2) is 4.79 Å². The second-order valence-corrected chi connectivity index (χ2v) is 8.69. The Balaban J connectivity index is 1.64. The number of methoxy groups -OCH3 is 1. The summed E-state index contributed by atoms with van der Waals surface area (Å²) >= 11 is 0. The van der Waals surface area contributed by atoms with E-state index in [-0.39, 0.29) is 29.8 Å². The minimum atomic E-state index is -0.642. The van der Waals surface area contributed by atoms with E-state index in [4.69, 9.17) is 4.74 Å². The Morgan fingerprint density at radius 1 is 1.06 bits per heavy atom. The van der Waals surface area contributed by atoms with Gasteiger partial charge in [-0.3, -0.25) is 9.59 Å². The Morgan fingerprint density at radius 3 is 2.32 bits per heavy atom. The number of anilines is 1. The summed E-state index contributed by atoms with van der Waals surface area (Å²) in [7, 11) is 1.57. The highest BCUT2D eigenvalue weighted by molar-refractivity contribution is 5.98. The van der Waals surface area contributed by atoms with Crippen molar-refractivity contribution in [3.8, 4) is 5.75 Å². The number of hydrogen-bond acceptors (Lipinski definition) is 4. The molecule has 34 heavy (non-hydrogen) atoms. The molecule has 182 valence electrons. The van der Waals surface area contributed by atoms with Crippen molar-refractivity contribution in [2.75, 3.05) is 32.1 Å². The molecular weight excluding hydrogens is 432 g/mol. The molecule has 8 heteroatoms. The second-order valence-electron chi connectivity index (χ2n) is 8.69. The van der Waals surface area contributed by atoms with Crippen molar-refractivity contribution in [2.24, 2.45) is 5.92 Å². The van der Waals surface area contributed by atoms with E-state index >= 15 is 0 Å². The summed E-state index contributed by atoms with van der Waals surface area (Å²) in [4.78, 5) is 42.5. The summed E-state index contributed by atoms with van der Waals surface area (Å²) in [6.45, 7) is 7.13. The van der Waals surface area contributed by atoms with Crippen LogP contribution in [0.25, 0.3) is 0 Å². The van der Waals surface area contributed by atoms with Crippen LogP contribution in [0.15, 0.2) is 54.6 Å². The molecule has 1 aliphatic heterocycles. The molecule has 4 amide bonds. The van der Waals surface area contributed by atoms with Gasteiger partial charge in [0.25, 0.3) is 5.91 Å². The van der Waals surface area contributed by atoms with Gasteiger partial charge in [-0.05, 0) is 49.2 Å². The van der Waals surface area contributed by atoms with Gasteiger partial charge in [0.05, 0.1) is 7.11 Å². The van der Waals surface area contributed by atoms with Crippen LogP contribution < -0.4 is 15.4 Å². The van der Waals surface area contributed by atoms with Crippen molar-refractivity contribution in [2.45, 2.75) is 39.3 Å². The molecule has 1 heterocycles. The highest BCUT2D eigenvalue weighted by atomic mass is 16.5. The number of piperazine rings is 1. The lowest BCUT2D eigenvalue weighted by Gasteiger charge is -2.41. The van der Waals surface area contributed by atoms with E-state index in [0.717, 1.165) is 12.1 Å². The lowest BCUT2D eigenvalue weighted by atomic mass is 9.96. The van der Waals surface area contributed by atoms with Crippen molar-refractivity contribution < 1.29 is 19.1 Å². The molecule has 2 aromatic carbocycles. The summed E-state index contributed by atoms with van der Waals surface area (Å²) in [5, 5.41) is 5.84. The second kappa shape index (κ2) is 11.5. The average Bonchev–Trinajstić information content (AvgIpc) is 2.86. The SMILES string of the molecule is CCC(C)C(NC(=O)c1ccc(OC)cc1)C(=O)N1CCN(C(=O)Nc2ccccc2)C(C)C1. The first-order chi connectivity index (χ1) is 16.3. The fraction of sp³-hybridized carbons (Fsp3) is 0.423. The highest BCUT2D eigenvalue weighted by Crippen LogP contribution is 2.18. The van der Waals surface area contributed by atoms with E-state index in [1.807, 2.05) is 51.1 Å². The number of hydrogen-bond donors (Lipinski definition) is 2. The lowest BCUT2D eigenvalue weighted by Crippen LogP contribution is -2.60. The van der Waals surface area contributed by atoms with Gasteiger partial charge in [0.15, 0.2) is 0 Å². The van der Waals surface area contributed by atoms with Crippen molar-refractivity contribution in [1.82, 2.24) is 15.1 Å². The molecule has 0 aliphatic carbocycles. The largest absolute Gasteiger partial charge is 0.497 e. The maximum absolute atomic E-state index is 13.5. The van der Waals surface area contributed by atoms with Gasteiger partial charge in [-0.1, -0.05) is 38.5 Å². The normalized spacial score (nSPS) is 17.5. The zero-order valence-corrected chi connectivity index (χ0v) is 20.3. The standard InChI is InChI=1S/C26H34N4O4/c1-5-18(2)23(28-24(31)20-11-13-22(34-4)14-12-20)25(32)29-15-16-30(19(3)17-29)26(33)27-21-9-7-6-8-10-21/h6-14,18-19,23H,5,15-17H2,1-4H3,(H,27,33)(H,28,31). The number of rotatable bonds is 7. The first-order valence-electron chi connectivity index (χ1n) is 11.7. The van der Waals surface area contributed by atoms with Crippen LogP contribution in [0.4, 0.5) is 10.5 Å². The molecule has 2 N–H and O–H groups in total. The van der Waals surface area contributed by atoms with Crippen LogP contribution in [0.2, 0.25) is 0 Å². The number of ether oxygens (including phenoxy) is 1. The Bertz CT molecular complexity index is 980. The molecule has 0 aromatic heterocycles. The number of nitrogens with zero attached hydrogens (tertiary/aromatic N) is 2. The summed E-state index contributed by atoms with van der Waals surface area (Å²) in [6, 6.07) is 15.1. The molecular formula is C26H34N4O4. The van der Waals surface area contributed by atoms with Gasteiger partial charge in [-0.2, -0.15) is 0 Å². The molecule has 0 spiro atoms. The molecule has 8 nitrogen and oxygen atoms in total. The van der Waals surface area contributed by atoms with Gasteiger partial charge in [-0.15, -0.1) is 0 Å². The third kappa shape index (κ3) is 6.07. The Hall–Kier alpha value is -3.55. The van der Waals surface area contributed by atoms with Gasteiger partial charge in [0.1, 0.15) is 11.8 Å². The van der Waals surface area contributed by atoms with E-state index in [1.54, 1.807) is 41.2 Å². The summed E-state index contributed by atoms with van der Waals surface area (Å²) in [6.07, 6.45) is 0.744. The zero-order chi connectivity index (χ0) is 24.7. The molecule has 1 saturated heterocycles. The number of nitrogens with one attached hydrogen (secondary N) is 2. The number of carbonyl (C=O) groups is 3. The van der Waals surface area contributed by atoms with Crippen molar-refractivity contribution in [3.63, 3.8) is 0 Å². The van der Waals surface area contributed by atoms with Gasteiger partial charge in [0.2, 0.25) is 5.91 Å². The Morgan fingerprint density at radius 2 is 1.74 bits per heavy atom. The van der Waals surface area contributed by atoms with E-state index in [0.29, 0.717) is 30.9 Å². The topological polar surface area (TPSA) is 91.0 Å². The molecule has 2 aromatic rings. The van der Waals surface area contributed by atoms with E-state index < -0.39 is 6.04 Å². The zero-order valence-electron chi connectivity index (χ0n) is 20.3. The highest BCUT2D eigenvalue weighted by Gasteiger charge is 2.35. The Labute approximate surface area is 201 Å². The van der Waals surface area contributed by atoms with Crippen molar-refractivity contribution in [1.29, 1.82) is 0 Å². The van der Waals surface area contributed by atoms with E-state index in [9.17, 15) is 14.4 Å². The third-order valence-corrected chi connectivity index (χ3v) is 6.34. The van der Waals surface area contributed by atoms with E-state index in [1.165, 1.54) is 0 Å². The Kier molecular flexibility index (Phi) is 8.51. The van der Waals surface area contributed by atoms with Crippen molar-refractivity contribution in [3.05, 3.63) is 60.2 Å². The first-order valence-corrected chi connectivity index (χ1v) is 11.7. The van der Waals surface area contributed by atoms with Crippen LogP contribution in [-0.2, 0) is 4.79 Å². The molecule has 3 atom stereocenters. The molecule has 3 unspecified atom stereocenters. The first kappa shape index (κ1) is 25.1. The number of urea groups is 1. The average molecular weight is 467 g/mol. The summed E-state index contributed by atoms with van der Waals surface area (Å²) in [5.41, 5.74) is 1.20. The number of amides is 4. The molecule has 3 rings (SSSR count). The minimum absolute atomic E-state index is 0.0376. The fourth-order valence-electron chi connectivity index (χ4n) is 4.02. The van der Waals surface area contributed by atoms with Crippen LogP contribution in [0.1, 0.15) is 37.6 Å². The molecule has 1 fully saturated rings. The minimum Gasteiger partial charge on any atom is -0.497 e. The van der Waals surface area contributed by atoms with Gasteiger partial charge in [0, 0.05) is 36.9 Å². The van der Waals surface area contributed by atoms with Gasteiger partial charge < -0.3 is 25.2 Å². The molecule has 0 radical (unpaired) electrons. The fourth-order valence-corrected chi connectivity index (χ4v) is 4.02. The number of para-hydroxylation sites is 1. The lowest BCUT2D eigenvalue weighted by molar-refractivity contribution is -0.136. The third-order valence-electron chi connectivity index (χ3n) is 6.34. The number of benzene rings is 2. The van der Waals surface area contributed by atoms with Gasteiger partial charge >= 0.3 is 6.03 Å². The predicted molar refractivity (Wildman–Crippen MR) is 132 cm³/mol. The van der Waals surface area contributed by atoms with Crippen LogP contribution in [0.5, 0.6) is 5.75 Å². The number of carbonyl (C=O) groups excluding carboxylic acids is 3. The van der Waals surface area contributed by atoms with Crippen molar-refractivity contribution >= 4 is 23.5 Å². The molecule has 0 saturated carbocycles. The molecule has 0 bridgehead atoms.